The van der Waals surface area contributed by atoms with Crippen molar-refractivity contribution in [2.24, 2.45) is 46.3 Å². The first kappa shape index (κ1) is 18.5. The van der Waals surface area contributed by atoms with Gasteiger partial charge in [0.1, 0.15) is 0 Å². The van der Waals surface area contributed by atoms with Crippen LogP contribution in [0.1, 0.15) is 85.0 Å². The molecule has 0 heterocycles. The lowest BCUT2D eigenvalue weighted by Crippen LogP contribution is -2.53. The van der Waals surface area contributed by atoms with Crippen LogP contribution in [0.4, 0.5) is 0 Å². The molecule has 0 aliphatic heterocycles. The van der Waals surface area contributed by atoms with Crippen LogP contribution in [0, 0.1) is 46.3 Å². The zero-order chi connectivity index (χ0) is 17.8. The molecule has 0 spiro atoms. The van der Waals surface area contributed by atoms with Crippen molar-refractivity contribution in [2.75, 3.05) is 0 Å². The van der Waals surface area contributed by atoms with Gasteiger partial charge in [-0.3, -0.25) is 0 Å². The first-order valence-corrected chi connectivity index (χ1v) is 11.7. The molecule has 0 amide bonds. The van der Waals surface area contributed by atoms with E-state index in [0.717, 1.165) is 35.5 Å². The van der Waals surface area contributed by atoms with Crippen LogP contribution in [0.15, 0.2) is 12.7 Å². The first-order chi connectivity index (χ1) is 11.9. The molecule has 4 aliphatic carbocycles. The summed E-state index contributed by atoms with van der Waals surface area (Å²) in [7, 11) is 0. The van der Waals surface area contributed by atoms with Crippen LogP contribution in [0.25, 0.3) is 0 Å². The third-order valence-corrected chi connectivity index (χ3v) is 10.0. The standard InChI is InChI=1S/C24H40S/c1-5-18-7-9-21-20-8-6-19-15-17(14-16(2)25)10-12-24(19,4)22(20)11-13-23(18,21)3/h5,16-22,25H,1,6-15H2,2-4H3. The van der Waals surface area contributed by atoms with E-state index < -0.39 is 0 Å². The van der Waals surface area contributed by atoms with E-state index in [0.29, 0.717) is 16.1 Å². The lowest BCUT2D eigenvalue weighted by molar-refractivity contribution is -0.115. The minimum absolute atomic E-state index is 0.574. The van der Waals surface area contributed by atoms with Crippen LogP contribution in [-0.2, 0) is 0 Å². The molecule has 0 bridgehead atoms. The van der Waals surface area contributed by atoms with Crippen molar-refractivity contribution < 1.29 is 0 Å². The number of hydrogen-bond acceptors (Lipinski definition) is 1. The largest absolute Gasteiger partial charge is 0.176 e. The molecule has 0 radical (unpaired) electrons. The highest BCUT2D eigenvalue weighted by Gasteiger charge is 2.59. The summed E-state index contributed by atoms with van der Waals surface area (Å²) >= 11 is 4.68. The number of thiol groups is 1. The Morgan fingerprint density at radius 2 is 1.72 bits per heavy atom. The summed E-state index contributed by atoms with van der Waals surface area (Å²) in [4.78, 5) is 0. The molecule has 4 rings (SSSR count). The van der Waals surface area contributed by atoms with Gasteiger partial charge in [-0.1, -0.05) is 26.8 Å². The summed E-state index contributed by atoms with van der Waals surface area (Å²) < 4.78 is 0. The van der Waals surface area contributed by atoms with Gasteiger partial charge in [0.05, 0.1) is 0 Å². The summed E-state index contributed by atoms with van der Waals surface area (Å²) in [6.45, 7) is 11.8. The van der Waals surface area contributed by atoms with Crippen molar-refractivity contribution in [3.05, 3.63) is 12.7 Å². The monoisotopic (exact) mass is 360 g/mol. The van der Waals surface area contributed by atoms with E-state index in [1.165, 1.54) is 64.2 Å². The van der Waals surface area contributed by atoms with Gasteiger partial charge >= 0.3 is 0 Å². The maximum Gasteiger partial charge on any atom is -0.000895 e. The van der Waals surface area contributed by atoms with Gasteiger partial charge in [-0.15, -0.1) is 6.58 Å². The minimum Gasteiger partial charge on any atom is -0.176 e. The van der Waals surface area contributed by atoms with Gasteiger partial charge in [-0.2, -0.15) is 12.6 Å². The van der Waals surface area contributed by atoms with Crippen LogP contribution >= 0.6 is 12.6 Å². The highest BCUT2D eigenvalue weighted by molar-refractivity contribution is 7.80. The van der Waals surface area contributed by atoms with Crippen molar-refractivity contribution in [2.45, 2.75) is 90.2 Å². The zero-order valence-corrected chi connectivity index (χ0v) is 17.7. The summed E-state index contributed by atoms with van der Waals surface area (Å²) in [5, 5.41) is 0.579. The Labute approximate surface area is 162 Å². The fraction of sp³-hybridized carbons (Fsp3) is 0.917. The van der Waals surface area contributed by atoms with E-state index >= 15 is 0 Å². The van der Waals surface area contributed by atoms with E-state index in [1.807, 2.05) is 0 Å². The lowest BCUT2D eigenvalue weighted by Gasteiger charge is -2.61. The Bertz CT molecular complexity index is 510. The average Bonchev–Trinajstić information content (AvgIpc) is 2.91. The van der Waals surface area contributed by atoms with E-state index in [2.05, 4.69) is 46.1 Å². The molecule has 0 aromatic heterocycles. The topological polar surface area (TPSA) is 0 Å². The third-order valence-electron chi connectivity index (χ3n) is 9.81. The Hall–Kier alpha value is 0.0900. The van der Waals surface area contributed by atoms with Crippen LogP contribution in [0.3, 0.4) is 0 Å². The molecule has 142 valence electrons. The molecule has 4 fully saturated rings. The molecule has 25 heavy (non-hydrogen) atoms. The molecule has 9 atom stereocenters. The van der Waals surface area contributed by atoms with Crippen LogP contribution in [0.5, 0.6) is 0 Å². The molecular weight excluding hydrogens is 320 g/mol. The molecular formula is C24H40S. The van der Waals surface area contributed by atoms with Gasteiger partial charge < -0.3 is 0 Å². The second kappa shape index (κ2) is 6.61. The molecule has 0 nitrogen and oxygen atoms in total. The number of fused-ring (bicyclic) bond motifs is 5. The fourth-order valence-corrected chi connectivity index (χ4v) is 8.77. The van der Waals surface area contributed by atoms with E-state index in [4.69, 9.17) is 0 Å². The van der Waals surface area contributed by atoms with E-state index in [1.54, 1.807) is 0 Å². The molecule has 4 saturated carbocycles. The Morgan fingerprint density at radius 1 is 1.00 bits per heavy atom. The van der Waals surface area contributed by atoms with Crippen molar-refractivity contribution in [3.8, 4) is 0 Å². The summed E-state index contributed by atoms with van der Waals surface area (Å²) in [5.41, 5.74) is 1.22. The third kappa shape index (κ3) is 2.86. The average molecular weight is 361 g/mol. The predicted octanol–water partition coefficient (Wildman–Crippen LogP) is 7.16. The van der Waals surface area contributed by atoms with Gasteiger partial charge in [0.25, 0.3) is 0 Å². The van der Waals surface area contributed by atoms with Crippen molar-refractivity contribution in [3.63, 3.8) is 0 Å². The van der Waals surface area contributed by atoms with Gasteiger partial charge in [0.2, 0.25) is 0 Å². The van der Waals surface area contributed by atoms with Gasteiger partial charge in [0, 0.05) is 0 Å². The smallest absolute Gasteiger partial charge is 0.000895 e. The second-order valence-electron chi connectivity index (χ2n) is 10.8. The molecule has 0 saturated heterocycles. The lowest BCUT2D eigenvalue weighted by atomic mass is 9.44. The quantitative estimate of drug-likeness (QED) is 0.401. The maximum atomic E-state index is 4.68. The Morgan fingerprint density at radius 3 is 2.44 bits per heavy atom. The van der Waals surface area contributed by atoms with Gasteiger partial charge in [-0.25, -0.2) is 0 Å². The predicted molar refractivity (Wildman–Crippen MR) is 112 cm³/mol. The molecule has 9 unspecified atom stereocenters. The van der Waals surface area contributed by atoms with Gasteiger partial charge in [0.15, 0.2) is 0 Å². The molecule has 0 aromatic carbocycles. The molecule has 4 aliphatic rings. The number of rotatable bonds is 3. The fourth-order valence-electron chi connectivity index (χ4n) is 8.47. The molecule has 1 heteroatoms. The Balaban J connectivity index is 1.53. The zero-order valence-electron chi connectivity index (χ0n) is 16.8. The molecule has 0 aromatic rings. The van der Waals surface area contributed by atoms with Crippen LogP contribution in [0.2, 0.25) is 0 Å². The van der Waals surface area contributed by atoms with Crippen LogP contribution in [-0.4, -0.2) is 5.25 Å². The normalized spacial score (nSPS) is 53.4. The number of allylic oxidation sites excluding steroid dienone is 1. The van der Waals surface area contributed by atoms with Crippen molar-refractivity contribution in [1.29, 1.82) is 0 Å². The summed E-state index contributed by atoms with van der Waals surface area (Å²) in [6.07, 6.45) is 17.0. The van der Waals surface area contributed by atoms with Crippen LogP contribution < -0.4 is 0 Å². The first-order valence-electron chi connectivity index (χ1n) is 11.2. The summed E-state index contributed by atoms with van der Waals surface area (Å²) in [5.74, 6) is 5.76. The minimum atomic E-state index is 0.574. The van der Waals surface area contributed by atoms with Gasteiger partial charge in [-0.05, 0) is 116 Å². The highest BCUT2D eigenvalue weighted by Crippen LogP contribution is 2.68. The summed E-state index contributed by atoms with van der Waals surface area (Å²) in [6, 6.07) is 0. The van der Waals surface area contributed by atoms with Crippen molar-refractivity contribution in [1.82, 2.24) is 0 Å². The van der Waals surface area contributed by atoms with Crippen molar-refractivity contribution >= 4 is 12.6 Å². The Kier molecular flexibility index (Phi) is 4.88. The van der Waals surface area contributed by atoms with E-state index in [9.17, 15) is 0 Å². The maximum absolute atomic E-state index is 4.68. The molecule has 0 N–H and O–H groups in total. The highest BCUT2D eigenvalue weighted by atomic mass is 32.1. The number of hydrogen-bond donors (Lipinski definition) is 1. The second-order valence-corrected chi connectivity index (χ2v) is 11.7. The van der Waals surface area contributed by atoms with E-state index in [-0.39, 0.29) is 0 Å². The SMILES string of the molecule is C=CC1CCC2C3CCC4CC(CC(C)S)CCC4(C)C3CCC12C.